The van der Waals surface area contributed by atoms with Crippen molar-refractivity contribution in [2.45, 2.75) is 315 Å². The second kappa shape index (κ2) is 43.0. The number of phenolic OH excluding ortho intramolecular Hbond substituents is 1. The van der Waals surface area contributed by atoms with E-state index in [9.17, 15) is 33.6 Å². The summed E-state index contributed by atoms with van der Waals surface area (Å²) in [4.78, 5) is 100. The molecule has 11 atom stereocenters. The number of phenols is 1. The zero-order valence-corrected chi connectivity index (χ0v) is 73.1. The average molecular weight is 1580 g/mol. The van der Waals surface area contributed by atoms with Crippen LogP contribution in [0.1, 0.15) is 285 Å². The van der Waals surface area contributed by atoms with Crippen molar-refractivity contribution in [3.8, 4) is 11.8 Å². The maximum atomic E-state index is 12.1. The van der Waals surface area contributed by atoms with E-state index >= 15 is 0 Å². The summed E-state index contributed by atoms with van der Waals surface area (Å²) < 4.78 is 65.4. The predicted octanol–water partition coefficient (Wildman–Crippen LogP) is 16.6. The summed E-state index contributed by atoms with van der Waals surface area (Å²) in [6.07, 6.45) is 20.5. The van der Waals surface area contributed by atoms with Crippen LogP contribution in [-0.2, 0) is 85.7 Å². The molecule has 2 aliphatic heterocycles. The number of hydrogen-bond acceptors (Lipinski definition) is 25. The highest BCUT2D eigenvalue weighted by Gasteiger charge is 2.65. The summed E-state index contributed by atoms with van der Waals surface area (Å²) in [6.45, 7) is 42.6. The van der Waals surface area contributed by atoms with Gasteiger partial charge in [-0.15, -0.1) is 0 Å². The fraction of sp³-hybridized carbons (Fsp3) is 0.816. The fourth-order valence-electron chi connectivity index (χ4n) is 15.0. The Morgan fingerprint density at radius 1 is 0.473 bits per heavy atom. The van der Waals surface area contributed by atoms with E-state index in [0.717, 1.165) is 57.8 Å². The molecule has 8 aliphatic rings. The van der Waals surface area contributed by atoms with Crippen molar-refractivity contribution in [1.29, 1.82) is 0 Å². The molecule has 6 aliphatic carbocycles. The predicted molar refractivity (Wildman–Crippen MR) is 428 cm³/mol. The molecule has 4 bridgehead atoms. The first-order valence-electron chi connectivity index (χ1n) is 41.6. The SMILES string of the molecule is CCC(C)(C)C(=O)OC(C)(C)C1CCCCC1.CCC(C)(C)C(=O)OC(C)(C)C1CCCCC1.CCC(C)(C)C(=O)OC1C2CC3C(=O)OC1C3C2.CCC(C)(C)C(=O)OC1C2CC3C(=O)OC1C3C2.CCC(C)(C)C(=O)OCCOc1nc(N(COC)COC)nc(N(COC)COC)n1.CCC(C)c1ccc(O)cc1. The molecule has 25 heteroatoms. The zero-order valence-electron chi connectivity index (χ0n) is 73.1. The molecule has 6 saturated carbocycles. The second-order valence-corrected chi connectivity index (χ2v) is 36.2. The van der Waals surface area contributed by atoms with E-state index in [2.05, 4.69) is 56.5 Å². The van der Waals surface area contributed by atoms with Crippen LogP contribution in [0, 0.1) is 74.4 Å². The molecule has 11 unspecified atom stereocenters. The van der Waals surface area contributed by atoms with Crippen molar-refractivity contribution in [2.24, 2.45) is 74.4 Å². The van der Waals surface area contributed by atoms with Gasteiger partial charge in [-0.25, -0.2) is 0 Å². The quantitative estimate of drug-likeness (QED) is 0.0308. The van der Waals surface area contributed by atoms with Crippen molar-refractivity contribution in [3.63, 3.8) is 0 Å². The molecule has 1 N–H and O–H groups in total. The van der Waals surface area contributed by atoms with Crippen molar-refractivity contribution in [1.82, 2.24) is 15.0 Å². The molecule has 2 aromatic rings. The molecule has 1 aromatic carbocycles. The lowest BCUT2D eigenvalue weighted by Gasteiger charge is -2.38. The highest BCUT2D eigenvalue weighted by molar-refractivity contribution is 5.80. The molecule has 0 amide bonds. The minimum atomic E-state index is -0.547. The number of esters is 7. The van der Waals surface area contributed by atoms with Crippen LogP contribution in [0.5, 0.6) is 11.8 Å². The van der Waals surface area contributed by atoms with Crippen LogP contribution >= 0.6 is 0 Å². The monoisotopic (exact) mass is 1580 g/mol. The Labute approximate surface area is 670 Å². The molecule has 2 saturated heterocycles. The lowest BCUT2D eigenvalue weighted by molar-refractivity contribution is -0.174. The van der Waals surface area contributed by atoms with Gasteiger partial charge in [-0.3, -0.25) is 43.4 Å². The number of benzene rings is 1. The van der Waals surface area contributed by atoms with Crippen molar-refractivity contribution in [2.75, 3.05) is 78.4 Å². The summed E-state index contributed by atoms with van der Waals surface area (Å²) in [7, 11) is 6.21. The van der Waals surface area contributed by atoms with E-state index in [-0.39, 0.29) is 158 Å². The number of hydrogen-bond donors (Lipinski definition) is 1. The number of anilines is 2. The smallest absolute Gasteiger partial charge is 0.323 e. The Balaban J connectivity index is 0.000000247. The number of rotatable bonds is 32. The molecule has 0 spiro atoms. The normalized spacial score (nSPS) is 23.4. The molecule has 1 aromatic heterocycles. The van der Waals surface area contributed by atoms with Crippen LogP contribution in [0.2, 0.25) is 0 Å². The highest BCUT2D eigenvalue weighted by Crippen LogP contribution is 2.57. The Morgan fingerprint density at radius 3 is 1.14 bits per heavy atom. The number of methoxy groups -OCH3 is 4. The summed E-state index contributed by atoms with van der Waals surface area (Å²) in [5.41, 5.74) is -1.47. The minimum absolute atomic E-state index is 0.0458. The Hall–Kier alpha value is -6.44. The van der Waals surface area contributed by atoms with Gasteiger partial charge in [-0.1, -0.05) is 99.1 Å². The van der Waals surface area contributed by atoms with Gasteiger partial charge in [0.1, 0.15) is 81.5 Å². The summed E-state index contributed by atoms with van der Waals surface area (Å²) in [6, 6.07) is 7.48. The van der Waals surface area contributed by atoms with Gasteiger partial charge < -0.3 is 61.9 Å². The van der Waals surface area contributed by atoms with Gasteiger partial charge >= 0.3 is 47.8 Å². The molecular formula is C87H145N5O20. The number of fused-ring (bicyclic) bond motifs is 2. The average Bonchev–Trinajstić information content (AvgIpc) is 1.58. The molecule has 0 radical (unpaired) electrons. The Bertz CT molecular complexity index is 3110. The number of aromatic hydroxyl groups is 1. The Kier molecular flexibility index (Phi) is 36.9. The lowest BCUT2D eigenvalue weighted by atomic mass is 9.78. The van der Waals surface area contributed by atoms with E-state index in [1.165, 1.54) is 69.8 Å². The van der Waals surface area contributed by atoms with E-state index in [0.29, 0.717) is 53.6 Å². The van der Waals surface area contributed by atoms with Crippen molar-refractivity contribution >= 4 is 53.7 Å². The van der Waals surface area contributed by atoms with E-state index in [1.807, 2.05) is 116 Å². The topological polar surface area (TPSA) is 296 Å². The maximum Gasteiger partial charge on any atom is 0.323 e. The van der Waals surface area contributed by atoms with Gasteiger partial charge in [0.2, 0.25) is 11.9 Å². The third-order valence-corrected chi connectivity index (χ3v) is 25.3. The summed E-state index contributed by atoms with van der Waals surface area (Å²) in [5, 5.41) is 9.01. The largest absolute Gasteiger partial charge is 0.508 e. The van der Waals surface area contributed by atoms with Gasteiger partial charge in [-0.2, -0.15) is 15.0 Å². The third kappa shape index (κ3) is 26.3. The molecular weight excluding hydrogens is 1430 g/mol. The minimum Gasteiger partial charge on any atom is -0.508 e. The van der Waals surface area contributed by atoms with Gasteiger partial charge in [0.25, 0.3) is 0 Å². The first kappa shape index (κ1) is 96.1. The molecule has 25 nitrogen and oxygen atoms in total. The van der Waals surface area contributed by atoms with Crippen LogP contribution in [0.25, 0.3) is 0 Å². The van der Waals surface area contributed by atoms with Gasteiger partial charge in [0.05, 0.1) is 38.9 Å². The van der Waals surface area contributed by atoms with Crippen LogP contribution in [0.3, 0.4) is 0 Å². The number of carbonyl (C=O) groups is 7. The maximum absolute atomic E-state index is 12.1. The first-order chi connectivity index (χ1) is 52.5. The van der Waals surface area contributed by atoms with E-state index < -0.39 is 16.2 Å². The van der Waals surface area contributed by atoms with Crippen LogP contribution < -0.4 is 14.5 Å². The second-order valence-electron chi connectivity index (χ2n) is 36.2. The van der Waals surface area contributed by atoms with Crippen LogP contribution in [0.15, 0.2) is 24.3 Å². The molecule has 10 rings (SSSR count). The molecule has 3 heterocycles. The standard InChI is InChI=1S/C19H35N5O7.2C15H28O2.2C14H20O4.C10H14O/c1-8-19(2,3)15(25)30-9-10-31-18-21-16(23(11-26-4)12-27-5)20-17(22-18)24(13-28-6)14-29-7;2*1-6-14(2,3)13(16)17-15(4,5)12-10-8-7-9-11-12;2*1-4-14(2,3)13(16)18-10-7-5-8-9(6-7)12(15)17-11(8)10;1-3-8(2)9-4-6-10(11)7-5-9/h8-14H2,1-7H3;2*12H,6-11H2,1-5H3;2*7-11H,4-6H2,1-3H3;4-8,11H,3H2,1-2H3. The number of aromatic nitrogens is 3. The van der Waals surface area contributed by atoms with Gasteiger partial charge in [0, 0.05) is 52.1 Å². The Morgan fingerprint density at radius 2 is 0.812 bits per heavy atom. The van der Waals surface area contributed by atoms with Crippen LogP contribution in [0.4, 0.5) is 11.9 Å². The summed E-state index contributed by atoms with van der Waals surface area (Å²) >= 11 is 0. The van der Waals surface area contributed by atoms with Crippen LogP contribution in [-0.4, -0.2) is 166 Å². The highest BCUT2D eigenvalue weighted by atomic mass is 16.6. The first-order valence-corrected chi connectivity index (χ1v) is 41.6. The molecule has 112 heavy (non-hydrogen) atoms. The van der Waals surface area contributed by atoms with Crippen molar-refractivity contribution in [3.05, 3.63) is 29.8 Å². The molecule has 8 fully saturated rings. The number of carbonyl (C=O) groups excluding carboxylic acids is 7. The number of nitrogens with zero attached hydrogens (tertiary/aromatic N) is 5. The fourth-order valence-corrected chi connectivity index (χ4v) is 15.0. The molecule has 638 valence electrons. The summed E-state index contributed by atoms with van der Waals surface area (Å²) in [5.74, 6) is 3.10. The van der Waals surface area contributed by atoms with Crippen molar-refractivity contribution < 1.29 is 95.5 Å². The van der Waals surface area contributed by atoms with E-state index in [1.54, 1.807) is 50.4 Å². The van der Waals surface area contributed by atoms with E-state index in [4.69, 9.17) is 61.9 Å². The third-order valence-electron chi connectivity index (χ3n) is 25.3. The number of ether oxygens (including phenoxy) is 12. The van der Waals surface area contributed by atoms with Gasteiger partial charge in [-0.05, 0) is 222 Å². The van der Waals surface area contributed by atoms with Gasteiger partial charge in [0.15, 0.2) is 0 Å². The lowest BCUT2D eigenvalue weighted by Crippen LogP contribution is -2.41. The zero-order chi connectivity index (χ0) is 83.9.